The van der Waals surface area contributed by atoms with Crippen LogP contribution in [0.15, 0.2) is 0 Å². The van der Waals surface area contributed by atoms with E-state index < -0.39 is 0 Å². The van der Waals surface area contributed by atoms with Crippen LogP contribution in [0.4, 0.5) is 0 Å². The minimum atomic E-state index is -0.0384. The summed E-state index contributed by atoms with van der Waals surface area (Å²) in [5, 5.41) is 10.1. The van der Waals surface area contributed by atoms with Gasteiger partial charge in [-0.25, -0.2) is 0 Å². The van der Waals surface area contributed by atoms with Crippen LogP contribution in [-0.2, 0) is 12.8 Å². The number of hydrogen-bond acceptors (Lipinski definition) is 3. The standard InChI is InChI=1S/C12H18N4O.ClH/c13-7-4-5-8(6-7)14-12(17)11-9-2-1-3-10(9)15-16-11;/h7-8H,1-6,13H2,(H,14,17)(H,15,16);1H/t7-,8-;/m1./s1. The van der Waals surface area contributed by atoms with Crippen molar-refractivity contribution in [2.24, 2.45) is 5.73 Å². The van der Waals surface area contributed by atoms with Gasteiger partial charge in [-0.3, -0.25) is 9.89 Å². The number of aromatic nitrogens is 2. The summed E-state index contributed by atoms with van der Waals surface area (Å²) in [5.74, 6) is -0.0384. The first kappa shape index (κ1) is 13.4. The van der Waals surface area contributed by atoms with Gasteiger partial charge >= 0.3 is 0 Å². The number of nitrogens with two attached hydrogens (primary N) is 1. The number of aromatic amines is 1. The highest BCUT2D eigenvalue weighted by molar-refractivity contribution is 5.94. The molecule has 0 saturated heterocycles. The van der Waals surface area contributed by atoms with Crippen molar-refractivity contribution >= 4 is 18.3 Å². The third kappa shape index (κ3) is 2.37. The van der Waals surface area contributed by atoms with E-state index >= 15 is 0 Å². The summed E-state index contributed by atoms with van der Waals surface area (Å²) < 4.78 is 0. The molecule has 1 aromatic heterocycles. The topological polar surface area (TPSA) is 83.8 Å². The van der Waals surface area contributed by atoms with Crippen LogP contribution in [0.25, 0.3) is 0 Å². The lowest BCUT2D eigenvalue weighted by Gasteiger charge is -2.11. The zero-order valence-electron chi connectivity index (χ0n) is 10.2. The highest BCUT2D eigenvalue weighted by atomic mass is 35.5. The molecular weight excluding hydrogens is 252 g/mol. The molecule has 2 aliphatic rings. The highest BCUT2D eigenvalue weighted by Gasteiger charge is 2.27. The fourth-order valence-corrected chi connectivity index (χ4v) is 2.91. The Morgan fingerprint density at radius 3 is 2.94 bits per heavy atom. The number of hydrogen-bond donors (Lipinski definition) is 3. The Hall–Kier alpha value is -1.07. The first-order valence-corrected chi connectivity index (χ1v) is 6.36. The fourth-order valence-electron chi connectivity index (χ4n) is 2.91. The maximum Gasteiger partial charge on any atom is 0.272 e. The van der Waals surface area contributed by atoms with Gasteiger partial charge in [0.25, 0.3) is 5.91 Å². The molecule has 5 nitrogen and oxygen atoms in total. The number of rotatable bonds is 2. The number of H-pyrrole nitrogens is 1. The Bertz CT molecular complexity index is 445. The second kappa shape index (κ2) is 5.28. The second-order valence-electron chi connectivity index (χ2n) is 5.13. The van der Waals surface area contributed by atoms with Crippen molar-refractivity contribution in [1.82, 2.24) is 15.5 Å². The molecule has 0 radical (unpaired) electrons. The largest absolute Gasteiger partial charge is 0.348 e. The van der Waals surface area contributed by atoms with Crippen LogP contribution in [0.1, 0.15) is 47.4 Å². The summed E-state index contributed by atoms with van der Waals surface area (Å²) in [6.07, 6.45) is 5.99. The van der Waals surface area contributed by atoms with Crippen LogP contribution >= 0.6 is 12.4 Å². The number of carbonyl (C=O) groups is 1. The van der Waals surface area contributed by atoms with Gasteiger partial charge in [0, 0.05) is 23.3 Å². The average Bonchev–Trinajstić information content (AvgIpc) is 2.93. The van der Waals surface area contributed by atoms with E-state index in [0.717, 1.165) is 49.8 Å². The maximum absolute atomic E-state index is 12.1. The van der Waals surface area contributed by atoms with Crippen LogP contribution in [0.3, 0.4) is 0 Å². The quantitative estimate of drug-likeness (QED) is 0.748. The number of halogens is 1. The Labute approximate surface area is 112 Å². The summed E-state index contributed by atoms with van der Waals surface area (Å²) in [5.41, 5.74) is 8.68. The predicted molar refractivity (Wildman–Crippen MR) is 70.9 cm³/mol. The van der Waals surface area contributed by atoms with Crippen molar-refractivity contribution < 1.29 is 4.79 Å². The van der Waals surface area contributed by atoms with Gasteiger partial charge in [-0.1, -0.05) is 0 Å². The SMILES string of the molecule is Cl.N[C@@H]1CC[C@@H](NC(=O)c2n[nH]c3c2CCC3)C1. The van der Waals surface area contributed by atoms with Crippen molar-refractivity contribution in [3.63, 3.8) is 0 Å². The van der Waals surface area contributed by atoms with E-state index in [9.17, 15) is 4.79 Å². The fraction of sp³-hybridized carbons (Fsp3) is 0.667. The van der Waals surface area contributed by atoms with Crippen molar-refractivity contribution in [1.29, 1.82) is 0 Å². The van der Waals surface area contributed by atoms with Gasteiger partial charge in [0.05, 0.1) is 0 Å². The first-order chi connectivity index (χ1) is 8.24. The molecule has 1 saturated carbocycles. The van der Waals surface area contributed by atoms with E-state index in [4.69, 9.17) is 5.73 Å². The highest BCUT2D eigenvalue weighted by Crippen LogP contribution is 2.23. The summed E-state index contributed by atoms with van der Waals surface area (Å²) in [6.45, 7) is 0. The molecule has 1 amide bonds. The van der Waals surface area contributed by atoms with Crippen LogP contribution < -0.4 is 11.1 Å². The molecule has 0 aliphatic heterocycles. The number of nitrogens with zero attached hydrogens (tertiary/aromatic N) is 1. The third-order valence-electron chi connectivity index (χ3n) is 3.83. The van der Waals surface area contributed by atoms with Gasteiger partial charge in [0.1, 0.15) is 0 Å². The summed E-state index contributed by atoms with van der Waals surface area (Å²) in [7, 11) is 0. The van der Waals surface area contributed by atoms with Crippen molar-refractivity contribution in [3.05, 3.63) is 17.0 Å². The molecule has 0 aromatic carbocycles. The summed E-state index contributed by atoms with van der Waals surface area (Å²) in [6, 6.07) is 0.469. The van der Waals surface area contributed by atoms with Gasteiger partial charge in [0.2, 0.25) is 0 Å². The molecule has 2 aliphatic carbocycles. The van der Waals surface area contributed by atoms with E-state index in [2.05, 4.69) is 15.5 Å². The van der Waals surface area contributed by atoms with Crippen LogP contribution in [-0.4, -0.2) is 28.2 Å². The predicted octanol–water partition coefficient (Wildman–Crippen LogP) is 0.930. The van der Waals surface area contributed by atoms with E-state index in [-0.39, 0.29) is 30.4 Å². The Morgan fingerprint density at radius 1 is 1.39 bits per heavy atom. The Morgan fingerprint density at radius 2 is 2.22 bits per heavy atom. The second-order valence-corrected chi connectivity index (χ2v) is 5.13. The molecule has 1 fully saturated rings. The van der Waals surface area contributed by atoms with Crippen molar-refractivity contribution in [2.75, 3.05) is 0 Å². The third-order valence-corrected chi connectivity index (χ3v) is 3.83. The summed E-state index contributed by atoms with van der Waals surface area (Å²) in [4.78, 5) is 12.1. The number of nitrogens with one attached hydrogen (secondary N) is 2. The van der Waals surface area contributed by atoms with E-state index in [1.807, 2.05) is 0 Å². The van der Waals surface area contributed by atoms with Crippen molar-refractivity contribution in [3.8, 4) is 0 Å². The lowest BCUT2D eigenvalue weighted by Crippen LogP contribution is -2.34. The molecule has 18 heavy (non-hydrogen) atoms. The molecule has 1 aromatic rings. The van der Waals surface area contributed by atoms with Crippen LogP contribution in [0.2, 0.25) is 0 Å². The number of aryl methyl sites for hydroxylation is 1. The lowest BCUT2D eigenvalue weighted by atomic mass is 10.1. The van der Waals surface area contributed by atoms with Gasteiger partial charge in [0.15, 0.2) is 5.69 Å². The first-order valence-electron chi connectivity index (χ1n) is 6.36. The molecule has 4 N–H and O–H groups in total. The molecule has 6 heteroatoms. The minimum Gasteiger partial charge on any atom is -0.348 e. The monoisotopic (exact) mass is 270 g/mol. The zero-order valence-corrected chi connectivity index (χ0v) is 11.1. The molecule has 2 atom stereocenters. The number of fused-ring (bicyclic) bond motifs is 1. The zero-order chi connectivity index (χ0) is 11.8. The summed E-state index contributed by atoms with van der Waals surface area (Å²) >= 11 is 0. The molecule has 0 bridgehead atoms. The number of amides is 1. The van der Waals surface area contributed by atoms with Gasteiger partial charge < -0.3 is 11.1 Å². The molecule has 1 heterocycles. The van der Waals surface area contributed by atoms with E-state index in [0.29, 0.717) is 5.69 Å². The molecule has 0 unspecified atom stereocenters. The maximum atomic E-state index is 12.1. The van der Waals surface area contributed by atoms with Crippen LogP contribution in [0, 0.1) is 0 Å². The molecule has 100 valence electrons. The molecule has 0 spiro atoms. The van der Waals surface area contributed by atoms with E-state index in [1.165, 1.54) is 0 Å². The van der Waals surface area contributed by atoms with Crippen LogP contribution in [0.5, 0.6) is 0 Å². The van der Waals surface area contributed by atoms with Crippen molar-refractivity contribution in [2.45, 2.75) is 50.6 Å². The molecule has 3 rings (SSSR count). The van der Waals surface area contributed by atoms with Gasteiger partial charge in [-0.15, -0.1) is 12.4 Å². The van der Waals surface area contributed by atoms with Gasteiger partial charge in [-0.2, -0.15) is 5.10 Å². The normalized spacial score (nSPS) is 25.6. The Kier molecular flexibility index (Phi) is 3.92. The van der Waals surface area contributed by atoms with Gasteiger partial charge in [-0.05, 0) is 38.5 Å². The van der Waals surface area contributed by atoms with E-state index in [1.54, 1.807) is 0 Å². The number of carbonyl (C=O) groups excluding carboxylic acids is 1. The lowest BCUT2D eigenvalue weighted by molar-refractivity contribution is 0.0931. The Balaban J connectivity index is 0.00000120. The minimum absolute atomic E-state index is 0. The smallest absolute Gasteiger partial charge is 0.272 e. The average molecular weight is 271 g/mol. The molecular formula is C12H19ClN4O.